The van der Waals surface area contributed by atoms with Gasteiger partial charge in [0, 0.05) is 25.7 Å². The molecule has 1 heterocycles. The summed E-state index contributed by atoms with van der Waals surface area (Å²) < 4.78 is 5.21. The van der Waals surface area contributed by atoms with Crippen LogP contribution in [0.1, 0.15) is 16.7 Å². The zero-order chi connectivity index (χ0) is 18.8. The fraction of sp³-hybridized carbons (Fsp3) is 0.158. The normalized spacial score (nSPS) is 15.0. The number of esters is 1. The van der Waals surface area contributed by atoms with Gasteiger partial charge in [0.25, 0.3) is 5.69 Å². The molecule has 1 aliphatic heterocycles. The summed E-state index contributed by atoms with van der Waals surface area (Å²) in [5.41, 5.74) is 2.83. The number of carbonyl (C=O) groups excluding carboxylic acids is 1. The van der Waals surface area contributed by atoms with Gasteiger partial charge in [-0.1, -0.05) is 23.8 Å². The maximum Gasteiger partial charge on any atom is 0.363 e. The third kappa shape index (κ3) is 3.46. The predicted molar refractivity (Wildman–Crippen MR) is 99.2 cm³/mol. The molecule has 0 saturated carbocycles. The van der Waals surface area contributed by atoms with E-state index < -0.39 is 10.9 Å². The van der Waals surface area contributed by atoms with Gasteiger partial charge in [-0.2, -0.15) is 0 Å². The zero-order valence-electron chi connectivity index (χ0n) is 14.6. The number of aliphatic imine (C=N–C) groups is 1. The topological polar surface area (TPSA) is 85.0 Å². The monoisotopic (exact) mass is 351 g/mol. The van der Waals surface area contributed by atoms with Crippen molar-refractivity contribution in [2.75, 3.05) is 19.0 Å². The Morgan fingerprint density at radius 2 is 1.85 bits per heavy atom. The smallest absolute Gasteiger partial charge is 0.363 e. The summed E-state index contributed by atoms with van der Waals surface area (Å²) in [6, 6.07) is 12.2. The number of rotatable bonds is 4. The minimum absolute atomic E-state index is 0.0431. The van der Waals surface area contributed by atoms with Gasteiger partial charge in [0.2, 0.25) is 5.90 Å². The standard InChI is InChI=1S/C19H17N3O4/c1-12-4-7-14(8-5-12)18-20-15(19(23)26-18)10-13-6-9-16(21(2)3)17(11-13)22(24)25/h4-11H,1-3H3/b15-10+. The van der Waals surface area contributed by atoms with Crippen molar-refractivity contribution in [1.29, 1.82) is 0 Å². The number of nitro groups is 1. The van der Waals surface area contributed by atoms with E-state index in [1.807, 2.05) is 31.2 Å². The van der Waals surface area contributed by atoms with Crippen LogP contribution < -0.4 is 4.90 Å². The minimum atomic E-state index is -0.583. The van der Waals surface area contributed by atoms with E-state index >= 15 is 0 Å². The Balaban J connectivity index is 1.96. The summed E-state index contributed by atoms with van der Waals surface area (Å²) in [4.78, 5) is 28.8. The number of anilines is 1. The van der Waals surface area contributed by atoms with Crippen LogP contribution in [0.2, 0.25) is 0 Å². The van der Waals surface area contributed by atoms with Gasteiger partial charge in [0.1, 0.15) is 5.69 Å². The van der Waals surface area contributed by atoms with Gasteiger partial charge in [-0.15, -0.1) is 0 Å². The predicted octanol–water partition coefficient (Wildman–Crippen LogP) is 3.31. The summed E-state index contributed by atoms with van der Waals surface area (Å²) in [6.07, 6.45) is 1.48. The van der Waals surface area contributed by atoms with E-state index in [1.54, 1.807) is 31.1 Å². The molecule has 2 aromatic carbocycles. The van der Waals surface area contributed by atoms with Crippen LogP contribution in [-0.2, 0) is 9.53 Å². The number of cyclic esters (lactones) is 1. The lowest BCUT2D eigenvalue weighted by molar-refractivity contribution is -0.384. The molecule has 2 aromatic rings. The Hall–Kier alpha value is -3.48. The van der Waals surface area contributed by atoms with Crippen molar-refractivity contribution in [3.8, 4) is 0 Å². The minimum Gasteiger partial charge on any atom is -0.402 e. The molecule has 0 fully saturated rings. The highest BCUT2D eigenvalue weighted by Gasteiger charge is 2.24. The van der Waals surface area contributed by atoms with Gasteiger partial charge in [-0.25, -0.2) is 9.79 Å². The second-order valence-corrected chi connectivity index (χ2v) is 6.10. The Bertz CT molecular complexity index is 944. The molecule has 0 unspecified atom stereocenters. The van der Waals surface area contributed by atoms with E-state index in [1.165, 1.54) is 12.1 Å². The van der Waals surface area contributed by atoms with Crippen molar-refractivity contribution < 1.29 is 14.5 Å². The van der Waals surface area contributed by atoms with E-state index in [0.717, 1.165) is 5.56 Å². The maximum atomic E-state index is 12.1. The van der Waals surface area contributed by atoms with E-state index in [0.29, 0.717) is 16.8 Å². The third-order valence-corrected chi connectivity index (χ3v) is 3.90. The summed E-state index contributed by atoms with van der Waals surface area (Å²) in [5, 5.41) is 11.3. The molecule has 0 spiro atoms. The molecule has 1 aliphatic rings. The fourth-order valence-corrected chi connectivity index (χ4v) is 2.54. The Labute approximate surface area is 150 Å². The number of benzene rings is 2. The van der Waals surface area contributed by atoms with E-state index in [9.17, 15) is 14.9 Å². The molecule has 0 amide bonds. The van der Waals surface area contributed by atoms with Gasteiger partial charge in [0.15, 0.2) is 5.70 Å². The lowest BCUT2D eigenvalue weighted by Gasteiger charge is -2.12. The van der Waals surface area contributed by atoms with Crippen LogP contribution in [0.4, 0.5) is 11.4 Å². The first-order valence-electron chi connectivity index (χ1n) is 7.90. The second kappa shape index (κ2) is 6.79. The second-order valence-electron chi connectivity index (χ2n) is 6.10. The van der Waals surface area contributed by atoms with Gasteiger partial charge in [-0.3, -0.25) is 10.1 Å². The highest BCUT2D eigenvalue weighted by Crippen LogP contribution is 2.29. The van der Waals surface area contributed by atoms with Crippen molar-refractivity contribution in [3.05, 3.63) is 75.0 Å². The van der Waals surface area contributed by atoms with Crippen LogP contribution in [0.3, 0.4) is 0 Å². The van der Waals surface area contributed by atoms with Crippen molar-refractivity contribution in [3.63, 3.8) is 0 Å². The van der Waals surface area contributed by atoms with Crippen molar-refractivity contribution >= 4 is 29.3 Å². The molecule has 0 N–H and O–H groups in total. The van der Waals surface area contributed by atoms with Crippen LogP contribution in [0, 0.1) is 17.0 Å². The first kappa shape index (κ1) is 17.3. The number of carbonyl (C=O) groups is 1. The molecule has 0 radical (unpaired) electrons. The summed E-state index contributed by atoms with van der Waals surface area (Å²) >= 11 is 0. The van der Waals surface area contributed by atoms with Crippen molar-refractivity contribution in [2.24, 2.45) is 4.99 Å². The molecule has 0 aromatic heterocycles. The molecule has 0 aliphatic carbocycles. The van der Waals surface area contributed by atoms with E-state index in [2.05, 4.69) is 4.99 Å². The number of aryl methyl sites for hydroxylation is 1. The lowest BCUT2D eigenvalue weighted by atomic mass is 10.1. The number of ether oxygens (including phenoxy) is 1. The quantitative estimate of drug-likeness (QED) is 0.365. The number of hydrogen-bond donors (Lipinski definition) is 0. The maximum absolute atomic E-state index is 12.1. The molecular weight excluding hydrogens is 334 g/mol. The number of nitrogens with zero attached hydrogens (tertiary/aromatic N) is 3. The van der Waals surface area contributed by atoms with E-state index in [-0.39, 0.29) is 17.3 Å². The SMILES string of the molecule is Cc1ccc(C2=N/C(=C/c3ccc(N(C)C)c([N+](=O)[O-])c3)C(=O)O2)cc1. The Kier molecular flexibility index (Phi) is 4.53. The molecule has 3 rings (SSSR count). The number of nitro benzene ring substituents is 1. The van der Waals surface area contributed by atoms with Crippen LogP contribution in [-0.4, -0.2) is 30.9 Å². The molecule has 26 heavy (non-hydrogen) atoms. The van der Waals surface area contributed by atoms with Gasteiger partial charge >= 0.3 is 5.97 Å². The van der Waals surface area contributed by atoms with Gasteiger partial charge in [0.05, 0.1) is 4.92 Å². The van der Waals surface area contributed by atoms with Crippen LogP contribution in [0.5, 0.6) is 0 Å². The Morgan fingerprint density at radius 3 is 2.46 bits per heavy atom. The highest BCUT2D eigenvalue weighted by molar-refractivity contribution is 6.12. The van der Waals surface area contributed by atoms with Crippen molar-refractivity contribution in [1.82, 2.24) is 0 Å². The van der Waals surface area contributed by atoms with Crippen molar-refractivity contribution in [2.45, 2.75) is 6.92 Å². The van der Waals surface area contributed by atoms with Gasteiger partial charge < -0.3 is 9.64 Å². The van der Waals surface area contributed by atoms with Gasteiger partial charge in [-0.05, 0) is 36.8 Å². The first-order chi connectivity index (χ1) is 12.3. The lowest BCUT2D eigenvalue weighted by Crippen LogP contribution is -2.11. The van der Waals surface area contributed by atoms with E-state index in [4.69, 9.17) is 4.74 Å². The molecular formula is C19H17N3O4. The molecule has 0 saturated heterocycles. The molecule has 0 atom stereocenters. The largest absolute Gasteiger partial charge is 0.402 e. The Morgan fingerprint density at radius 1 is 1.15 bits per heavy atom. The average molecular weight is 351 g/mol. The molecule has 7 heteroatoms. The molecule has 0 bridgehead atoms. The fourth-order valence-electron chi connectivity index (χ4n) is 2.54. The zero-order valence-corrected chi connectivity index (χ0v) is 14.6. The third-order valence-electron chi connectivity index (χ3n) is 3.90. The summed E-state index contributed by atoms with van der Waals surface area (Å²) in [5.74, 6) is -0.361. The summed E-state index contributed by atoms with van der Waals surface area (Å²) in [6.45, 7) is 1.96. The summed E-state index contributed by atoms with van der Waals surface area (Å²) in [7, 11) is 3.46. The van der Waals surface area contributed by atoms with Crippen LogP contribution in [0.15, 0.2) is 53.2 Å². The van der Waals surface area contributed by atoms with Crippen LogP contribution >= 0.6 is 0 Å². The molecule has 7 nitrogen and oxygen atoms in total. The number of hydrogen-bond acceptors (Lipinski definition) is 6. The highest BCUT2D eigenvalue weighted by atomic mass is 16.6. The molecule has 132 valence electrons. The van der Waals surface area contributed by atoms with Crippen LogP contribution in [0.25, 0.3) is 6.08 Å². The first-order valence-corrected chi connectivity index (χ1v) is 7.90. The average Bonchev–Trinajstić information content (AvgIpc) is 2.96.